The van der Waals surface area contributed by atoms with Crippen molar-refractivity contribution in [2.75, 3.05) is 6.54 Å². The predicted molar refractivity (Wildman–Crippen MR) is 70.5 cm³/mol. The molecule has 1 heterocycles. The molecule has 5 nitrogen and oxygen atoms in total. The smallest absolute Gasteiger partial charge is 0.274 e. The molecule has 1 rings (SSSR count). The lowest BCUT2D eigenvalue weighted by Crippen LogP contribution is -2.41. The Morgan fingerprint density at radius 3 is 2.39 bits per heavy atom. The van der Waals surface area contributed by atoms with E-state index in [-0.39, 0.29) is 11.9 Å². The van der Waals surface area contributed by atoms with Crippen molar-refractivity contribution in [1.29, 1.82) is 0 Å². The molecule has 1 unspecified atom stereocenters. The Hall–Kier alpha value is -1.36. The van der Waals surface area contributed by atoms with Gasteiger partial charge in [-0.2, -0.15) is 5.10 Å². The lowest BCUT2D eigenvalue weighted by atomic mass is 10.1. The number of carbonyl (C=O) groups excluding carboxylic acids is 1. The van der Waals surface area contributed by atoms with Crippen molar-refractivity contribution < 1.29 is 9.90 Å². The van der Waals surface area contributed by atoms with Crippen molar-refractivity contribution in [2.24, 2.45) is 0 Å². The molecule has 5 heteroatoms. The van der Waals surface area contributed by atoms with Crippen LogP contribution in [-0.4, -0.2) is 44.8 Å². The summed E-state index contributed by atoms with van der Waals surface area (Å²) >= 11 is 0. The summed E-state index contributed by atoms with van der Waals surface area (Å²) in [6, 6.07) is 1.82. The van der Waals surface area contributed by atoms with Gasteiger partial charge in [0, 0.05) is 18.3 Å². The van der Waals surface area contributed by atoms with Gasteiger partial charge in [-0.1, -0.05) is 13.8 Å². The SMILES string of the molecule is CC(O)CN(C(=O)c1cc(C(C)C)[nH]n1)C(C)C. The van der Waals surface area contributed by atoms with Gasteiger partial charge in [0.25, 0.3) is 5.91 Å². The maximum Gasteiger partial charge on any atom is 0.274 e. The van der Waals surface area contributed by atoms with Gasteiger partial charge in [0.2, 0.25) is 0 Å². The first-order chi connectivity index (χ1) is 8.32. The van der Waals surface area contributed by atoms with E-state index in [1.807, 2.05) is 27.7 Å². The molecule has 0 aliphatic heterocycles. The Labute approximate surface area is 108 Å². The molecular formula is C13H23N3O2. The van der Waals surface area contributed by atoms with Crippen LogP contribution in [0.25, 0.3) is 0 Å². The van der Waals surface area contributed by atoms with Crippen molar-refractivity contribution >= 4 is 5.91 Å². The Morgan fingerprint density at radius 1 is 1.39 bits per heavy atom. The number of nitrogens with zero attached hydrogens (tertiary/aromatic N) is 2. The molecule has 0 spiro atoms. The number of aromatic nitrogens is 2. The molecule has 0 aliphatic rings. The molecule has 102 valence electrons. The second kappa shape index (κ2) is 6.00. The molecule has 0 saturated heterocycles. The van der Waals surface area contributed by atoms with E-state index in [1.54, 1.807) is 17.9 Å². The van der Waals surface area contributed by atoms with Gasteiger partial charge in [0.05, 0.1) is 6.10 Å². The van der Waals surface area contributed by atoms with Crippen LogP contribution in [0.5, 0.6) is 0 Å². The highest BCUT2D eigenvalue weighted by molar-refractivity contribution is 5.92. The molecular weight excluding hydrogens is 230 g/mol. The van der Waals surface area contributed by atoms with E-state index in [9.17, 15) is 9.90 Å². The van der Waals surface area contributed by atoms with Gasteiger partial charge in [-0.25, -0.2) is 0 Å². The number of nitrogens with one attached hydrogen (secondary N) is 1. The number of H-pyrrole nitrogens is 1. The number of hydrogen-bond donors (Lipinski definition) is 2. The molecule has 1 amide bonds. The summed E-state index contributed by atoms with van der Waals surface area (Å²) in [4.78, 5) is 13.9. The molecule has 0 saturated carbocycles. The molecule has 0 aliphatic carbocycles. The molecule has 0 aromatic carbocycles. The van der Waals surface area contributed by atoms with Crippen molar-refractivity contribution in [3.8, 4) is 0 Å². The monoisotopic (exact) mass is 253 g/mol. The maximum absolute atomic E-state index is 12.3. The quantitative estimate of drug-likeness (QED) is 0.840. The van der Waals surface area contributed by atoms with Gasteiger partial charge in [-0.3, -0.25) is 9.89 Å². The third kappa shape index (κ3) is 3.57. The molecule has 18 heavy (non-hydrogen) atoms. The van der Waals surface area contributed by atoms with E-state index in [2.05, 4.69) is 10.2 Å². The van der Waals surface area contributed by atoms with Crippen molar-refractivity contribution in [1.82, 2.24) is 15.1 Å². The van der Waals surface area contributed by atoms with Gasteiger partial charge in [-0.05, 0) is 32.8 Å². The van der Waals surface area contributed by atoms with Crippen LogP contribution in [0.1, 0.15) is 56.7 Å². The molecule has 1 atom stereocenters. The normalized spacial score (nSPS) is 13.1. The highest BCUT2D eigenvalue weighted by Crippen LogP contribution is 2.14. The van der Waals surface area contributed by atoms with Gasteiger partial charge < -0.3 is 10.0 Å². The van der Waals surface area contributed by atoms with E-state index < -0.39 is 6.10 Å². The zero-order valence-corrected chi connectivity index (χ0v) is 11.8. The summed E-state index contributed by atoms with van der Waals surface area (Å²) in [5, 5.41) is 16.4. The average Bonchev–Trinajstić information content (AvgIpc) is 2.73. The van der Waals surface area contributed by atoms with E-state index in [0.29, 0.717) is 18.2 Å². The summed E-state index contributed by atoms with van der Waals surface area (Å²) in [5.41, 5.74) is 1.35. The van der Waals surface area contributed by atoms with E-state index in [1.165, 1.54) is 0 Å². The molecule has 1 aromatic rings. The van der Waals surface area contributed by atoms with Crippen LogP contribution in [0.4, 0.5) is 0 Å². The average molecular weight is 253 g/mol. The largest absolute Gasteiger partial charge is 0.392 e. The third-order valence-electron chi connectivity index (χ3n) is 2.78. The minimum absolute atomic E-state index is 0.0336. The standard InChI is InChI=1S/C13H23N3O2/c1-8(2)11-6-12(15-14-11)13(18)16(9(3)4)7-10(5)17/h6,8-10,17H,7H2,1-5H3,(H,14,15). The number of aromatic amines is 1. The minimum Gasteiger partial charge on any atom is -0.392 e. The van der Waals surface area contributed by atoms with Gasteiger partial charge in [-0.15, -0.1) is 0 Å². The van der Waals surface area contributed by atoms with Gasteiger partial charge in [0.15, 0.2) is 0 Å². The van der Waals surface area contributed by atoms with Crippen LogP contribution in [-0.2, 0) is 0 Å². The molecule has 0 fully saturated rings. The van der Waals surface area contributed by atoms with E-state index in [0.717, 1.165) is 5.69 Å². The van der Waals surface area contributed by atoms with Crippen LogP contribution in [0.15, 0.2) is 6.07 Å². The minimum atomic E-state index is -0.542. The Morgan fingerprint density at radius 2 is 2.00 bits per heavy atom. The first kappa shape index (κ1) is 14.7. The van der Waals surface area contributed by atoms with Gasteiger partial charge in [0.1, 0.15) is 5.69 Å². The summed E-state index contributed by atoms with van der Waals surface area (Å²) in [7, 11) is 0. The third-order valence-corrected chi connectivity index (χ3v) is 2.78. The molecule has 0 radical (unpaired) electrons. The van der Waals surface area contributed by atoms with Crippen LogP contribution < -0.4 is 0 Å². The molecule has 1 aromatic heterocycles. The summed E-state index contributed by atoms with van der Waals surface area (Å²) < 4.78 is 0. The van der Waals surface area contributed by atoms with E-state index in [4.69, 9.17) is 0 Å². The fourth-order valence-corrected chi connectivity index (χ4v) is 1.70. The summed E-state index contributed by atoms with van der Waals surface area (Å²) in [5.74, 6) is 0.164. The lowest BCUT2D eigenvalue weighted by molar-refractivity contribution is 0.0573. The lowest BCUT2D eigenvalue weighted by Gasteiger charge is -2.27. The van der Waals surface area contributed by atoms with Crippen molar-refractivity contribution in [2.45, 2.75) is 52.7 Å². The topological polar surface area (TPSA) is 69.2 Å². The maximum atomic E-state index is 12.3. The van der Waals surface area contributed by atoms with Crippen LogP contribution in [0.2, 0.25) is 0 Å². The number of aliphatic hydroxyl groups excluding tert-OH is 1. The second-order valence-electron chi connectivity index (χ2n) is 5.26. The zero-order chi connectivity index (χ0) is 13.9. The van der Waals surface area contributed by atoms with Crippen molar-refractivity contribution in [3.63, 3.8) is 0 Å². The predicted octanol–water partition coefficient (Wildman–Crippen LogP) is 1.76. The summed E-state index contributed by atoms with van der Waals surface area (Å²) in [6.07, 6.45) is -0.542. The highest BCUT2D eigenvalue weighted by Gasteiger charge is 2.22. The Kier molecular flexibility index (Phi) is 4.90. The Bertz CT molecular complexity index is 397. The second-order valence-corrected chi connectivity index (χ2v) is 5.26. The number of hydrogen-bond acceptors (Lipinski definition) is 3. The van der Waals surface area contributed by atoms with Gasteiger partial charge >= 0.3 is 0 Å². The van der Waals surface area contributed by atoms with Crippen LogP contribution >= 0.6 is 0 Å². The fraction of sp³-hybridized carbons (Fsp3) is 0.692. The summed E-state index contributed by atoms with van der Waals surface area (Å²) in [6.45, 7) is 9.93. The molecule has 0 bridgehead atoms. The van der Waals surface area contributed by atoms with E-state index >= 15 is 0 Å². The first-order valence-corrected chi connectivity index (χ1v) is 6.37. The van der Waals surface area contributed by atoms with Crippen LogP contribution in [0.3, 0.4) is 0 Å². The number of rotatable bonds is 5. The molecule has 2 N–H and O–H groups in total. The number of amides is 1. The fourth-order valence-electron chi connectivity index (χ4n) is 1.70. The van der Waals surface area contributed by atoms with Crippen molar-refractivity contribution in [3.05, 3.63) is 17.5 Å². The number of aliphatic hydroxyl groups is 1. The number of carbonyl (C=O) groups is 1. The Balaban J connectivity index is 2.88. The highest BCUT2D eigenvalue weighted by atomic mass is 16.3. The van der Waals surface area contributed by atoms with Crippen LogP contribution in [0, 0.1) is 0 Å². The zero-order valence-electron chi connectivity index (χ0n) is 11.8. The first-order valence-electron chi connectivity index (χ1n) is 6.37.